The van der Waals surface area contributed by atoms with Crippen LogP contribution in [0.25, 0.3) is 0 Å². The number of hydrogen-bond donors (Lipinski definition) is 0. The van der Waals surface area contributed by atoms with Crippen LogP contribution in [0, 0.1) is 0 Å². The third-order valence-electron chi connectivity index (χ3n) is 5.89. The van der Waals surface area contributed by atoms with Crippen molar-refractivity contribution in [3.05, 3.63) is 60.2 Å². The second kappa shape index (κ2) is 7.82. The van der Waals surface area contributed by atoms with Gasteiger partial charge in [0.15, 0.2) is 0 Å². The van der Waals surface area contributed by atoms with E-state index in [0.29, 0.717) is 6.04 Å². The van der Waals surface area contributed by atoms with Crippen LogP contribution in [0.4, 0.5) is 0 Å². The van der Waals surface area contributed by atoms with Crippen LogP contribution in [0.3, 0.4) is 0 Å². The Balaban J connectivity index is 1.28. The minimum Gasteiger partial charge on any atom is -0.373 e. The maximum atomic E-state index is 6.36. The van der Waals surface area contributed by atoms with Gasteiger partial charge in [0.25, 0.3) is 0 Å². The zero-order valence-electron chi connectivity index (χ0n) is 15.6. The molecule has 2 aliphatic rings. The third-order valence-corrected chi connectivity index (χ3v) is 5.89. The van der Waals surface area contributed by atoms with Crippen molar-refractivity contribution in [2.75, 3.05) is 26.7 Å². The number of likely N-dealkylation sites (N-methyl/N-ethyl adjacent to an activating group) is 1. The van der Waals surface area contributed by atoms with Crippen molar-refractivity contribution in [1.29, 1.82) is 0 Å². The average Bonchev–Trinajstić information content (AvgIpc) is 3.10. The fourth-order valence-electron chi connectivity index (χ4n) is 4.23. The molecule has 0 radical (unpaired) electrons. The molecule has 5 heteroatoms. The van der Waals surface area contributed by atoms with Gasteiger partial charge in [-0.3, -0.25) is 19.8 Å². The third kappa shape index (κ3) is 4.11. The highest BCUT2D eigenvalue weighted by molar-refractivity contribution is 5.10. The number of nitrogens with zero attached hydrogens (tertiary/aromatic N) is 4. The SMILES string of the molecule is CN(Cc1ccncc1)C1COC2(CCN(Cc3cccnc3)CC2)C1. The van der Waals surface area contributed by atoms with E-state index in [9.17, 15) is 0 Å². The molecule has 0 saturated carbocycles. The molecule has 0 N–H and O–H groups in total. The first-order chi connectivity index (χ1) is 12.7. The summed E-state index contributed by atoms with van der Waals surface area (Å²) >= 11 is 0. The molecule has 1 unspecified atom stereocenters. The highest BCUT2D eigenvalue weighted by atomic mass is 16.5. The summed E-state index contributed by atoms with van der Waals surface area (Å²) in [5.74, 6) is 0. The molecule has 26 heavy (non-hydrogen) atoms. The van der Waals surface area contributed by atoms with E-state index in [4.69, 9.17) is 4.74 Å². The Morgan fingerprint density at radius 3 is 2.65 bits per heavy atom. The molecule has 2 saturated heterocycles. The first kappa shape index (κ1) is 17.6. The number of rotatable bonds is 5. The molecule has 2 aromatic rings. The Labute approximate surface area is 156 Å². The van der Waals surface area contributed by atoms with E-state index in [-0.39, 0.29) is 5.60 Å². The first-order valence-electron chi connectivity index (χ1n) is 9.57. The number of hydrogen-bond acceptors (Lipinski definition) is 5. The lowest BCUT2D eigenvalue weighted by Gasteiger charge is -2.39. The molecule has 1 spiro atoms. The number of pyridine rings is 2. The van der Waals surface area contributed by atoms with Crippen molar-refractivity contribution in [2.24, 2.45) is 0 Å². The van der Waals surface area contributed by atoms with Gasteiger partial charge in [0, 0.05) is 57.0 Å². The maximum Gasteiger partial charge on any atom is 0.0723 e. The molecule has 2 aromatic heterocycles. The molecule has 4 heterocycles. The van der Waals surface area contributed by atoms with Crippen LogP contribution in [0.1, 0.15) is 30.4 Å². The van der Waals surface area contributed by atoms with Crippen LogP contribution in [0.15, 0.2) is 49.1 Å². The summed E-state index contributed by atoms with van der Waals surface area (Å²) in [6.45, 7) is 5.02. The van der Waals surface area contributed by atoms with Gasteiger partial charge in [0.05, 0.1) is 12.2 Å². The van der Waals surface area contributed by atoms with E-state index in [1.807, 2.05) is 30.9 Å². The van der Waals surface area contributed by atoms with Crippen molar-refractivity contribution < 1.29 is 4.74 Å². The molecule has 5 nitrogen and oxygen atoms in total. The van der Waals surface area contributed by atoms with Gasteiger partial charge < -0.3 is 4.74 Å². The normalized spacial score (nSPS) is 22.9. The van der Waals surface area contributed by atoms with Crippen LogP contribution >= 0.6 is 0 Å². The van der Waals surface area contributed by atoms with E-state index in [2.05, 4.69) is 45.0 Å². The minimum atomic E-state index is 0.0859. The van der Waals surface area contributed by atoms with Crippen molar-refractivity contribution >= 4 is 0 Å². The predicted molar refractivity (Wildman–Crippen MR) is 102 cm³/mol. The topological polar surface area (TPSA) is 41.5 Å². The lowest BCUT2D eigenvalue weighted by Crippen LogP contribution is -2.44. The number of likely N-dealkylation sites (tertiary alicyclic amines) is 1. The standard InChI is InChI=1S/C21H28N4O/c1-24(15-18-4-9-22-10-5-18)20-13-21(26-17-20)6-11-25(12-7-21)16-19-3-2-8-23-14-19/h2-5,8-10,14,20H,6-7,11-13,15-17H2,1H3. The number of piperidine rings is 1. The van der Waals surface area contributed by atoms with E-state index < -0.39 is 0 Å². The Morgan fingerprint density at radius 1 is 1.12 bits per heavy atom. The molecular formula is C21H28N4O. The van der Waals surface area contributed by atoms with Gasteiger partial charge in [-0.25, -0.2) is 0 Å². The Kier molecular flexibility index (Phi) is 5.29. The molecule has 0 bridgehead atoms. The summed E-state index contributed by atoms with van der Waals surface area (Å²) in [7, 11) is 2.21. The van der Waals surface area contributed by atoms with Crippen LogP contribution < -0.4 is 0 Å². The second-order valence-corrected chi connectivity index (χ2v) is 7.76. The molecule has 4 rings (SSSR count). The highest BCUT2D eigenvalue weighted by Gasteiger charge is 2.43. The summed E-state index contributed by atoms with van der Waals surface area (Å²) in [6, 6.07) is 8.88. The van der Waals surface area contributed by atoms with E-state index in [0.717, 1.165) is 52.0 Å². The molecular weight excluding hydrogens is 324 g/mol. The minimum absolute atomic E-state index is 0.0859. The number of aromatic nitrogens is 2. The Bertz CT molecular complexity index is 686. The summed E-state index contributed by atoms with van der Waals surface area (Å²) in [5, 5.41) is 0. The van der Waals surface area contributed by atoms with Gasteiger partial charge >= 0.3 is 0 Å². The smallest absolute Gasteiger partial charge is 0.0723 e. The Hall–Kier alpha value is -1.82. The van der Waals surface area contributed by atoms with Gasteiger partial charge in [-0.1, -0.05) is 6.07 Å². The fourth-order valence-corrected chi connectivity index (χ4v) is 4.23. The molecule has 0 amide bonds. The highest BCUT2D eigenvalue weighted by Crippen LogP contribution is 2.37. The zero-order chi connectivity index (χ0) is 17.8. The van der Waals surface area contributed by atoms with Crippen molar-refractivity contribution in [3.63, 3.8) is 0 Å². The summed E-state index contributed by atoms with van der Waals surface area (Å²) in [4.78, 5) is 13.3. The van der Waals surface area contributed by atoms with Crippen molar-refractivity contribution in [3.8, 4) is 0 Å². The molecule has 1 atom stereocenters. The van der Waals surface area contributed by atoms with Gasteiger partial charge in [-0.15, -0.1) is 0 Å². The molecule has 2 fully saturated rings. The zero-order valence-corrected chi connectivity index (χ0v) is 15.6. The van der Waals surface area contributed by atoms with E-state index >= 15 is 0 Å². The summed E-state index contributed by atoms with van der Waals surface area (Å²) in [6.07, 6.45) is 11.0. The average molecular weight is 352 g/mol. The Morgan fingerprint density at radius 2 is 1.92 bits per heavy atom. The second-order valence-electron chi connectivity index (χ2n) is 7.76. The number of ether oxygens (including phenoxy) is 1. The lowest BCUT2D eigenvalue weighted by atomic mass is 9.87. The maximum absolute atomic E-state index is 6.36. The summed E-state index contributed by atoms with van der Waals surface area (Å²) in [5.41, 5.74) is 2.70. The quantitative estimate of drug-likeness (QED) is 0.828. The lowest BCUT2D eigenvalue weighted by molar-refractivity contribution is -0.0452. The van der Waals surface area contributed by atoms with Crippen LogP contribution in [-0.4, -0.2) is 58.2 Å². The van der Waals surface area contributed by atoms with Crippen molar-refractivity contribution in [2.45, 2.75) is 44.0 Å². The largest absolute Gasteiger partial charge is 0.373 e. The van der Waals surface area contributed by atoms with E-state index in [1.54, 1.807) is 0 Å². The van der Waals surface area contributed by atoms with Gasteiger partial charge in [0.1, 0.15) is 0 Å². The van der Waals surface area contributed by atoms with Gasteiger partial charge in [-0.2, -0.15) is 0 Å². The summed E-state index contributed by atoms with van der Waals surface area (Å²) < 4.78 is 6.36. The molecule has 0 aromatic carbocycles. The van der Waals surface area contributed by atoms with E-state index in [1.165, 1.54) is 11.1 Å². The van der Waals surface area contributed by atoms with Crippen LogP contribution in [0.5, 0.6) is 0 Å². The predicted octanol–water partition coefficient (Wildman–Crippen LogP) is 2.73. The fraction of sp³-hybridized carbons (Fsp3) is 0.524. The molecule has 2 aliphatic heterocycles. The van der Waals surface area contributed by atoms with Crippen LogP contribution in [-0.2, 0) is 17.8 Å². The first-order valence-corrected chi connectivity index (χ1v) is 9.57. The van der Waals surface area contributed by atoms with Crippen molar-refractivity contribution in [1.82, 2.24) is 19.8 Å². The monoisotopic (exact) mass is 352 g/mol. The molecule has 138 valence electrons. The van der Waals surface area contributed by atoms with Crippen LogP contribution in [0.2, 0.25) is 0 Å². The van der Waals surface area contributed by atoms with Gasteiger partial charge in [0.2, 0.25) is 0 Å². The van der Waals surface area contributed by atoms with Gasteiger partial charge in [-0.05, 0) is 55.6 Å². The molecule has 0 aliphatic carbocycles.